The van der Waals surface area contributed by atoms with Crippen molar-refractivity contribution in [3.05, 3.63) is 83.9 Å². The minimum absolute atomic E-state index is 0.175. The molecule has 3 aromatic rings. The quantitative estimate of drug-likeness (QED) is 0.726. The number of nitrogens with zero attached hydrogens (tertiary/aromatic N) is 3. The second-order valence-corrected chi connectivity index (χ2v) is 4.85. The fourth-order valence-electron chi connectivity index (χ4n) is 2.09. The summed E-state index contributed by atoms with van der Waals surface area (Å²) in [5.41, 5.74) is 1.28. The lowest BCUT2D eigenvalue weighted by Gasteiger charge is -2.12. The van der Waals surface area contributed by atoms with Crippen molar-refractivity contribution in [3.8, 4) is 0 Å². The first-order chi connectivity index (χ1) is 10.7. The van der Waals surface area contributed by atoms with Crippen molar-refractivity contribution in [3.63, 3.8) is 0 Å². The lowest BCUT2D eigenvalue weighted by atomic mass is 9.98. The molecular weight excluding hydrogens is 308 g/mol. The number of rotatable bonds is 3. The Bertz CT molecular complexity index is 812. The molecule has 110 valence electrons. The molecule has 0 atom stereocenters. The van der Waals surface area contributed by atoms with Crippen LogP contribution in [0.2, 0.25) is 0 Å². The Morgan fingerprint density at radius 3 is 2.36 bits per heavy atom. The standard InChI is InChI=1S/C16H10ClF2N3/c17-16(22-10-20-9-21-22)15(11-5-7-12(18)8-6-11)13-3-1-2-4-14(13)19/h1-10H. The number of halogens is 3. The molecular formula is C16H10ClF2N3. The number of hydrogen-bond donors (Lipinski definition) is 0. The predicted octanol–water partition coefficient (Wildman–Crippen LogP) is 4.17. The highest BCUT2D eigenvalue weighted by molar-refractivity contribution is 6.49. The number of benzene rings is 2. The molecule has 0 radical (unpaired) electrons. The van der Waals surface area contributed by atoms with E-state index < -0.39 is 5.82 Å². The number of aromatic nitrogens is 3. The first kappa shape index (κ1) is 14.4. The molecule has 0 bridgehead atoms. The van der Waals surface area contributed by atoms with Gasteiger partial charge in [0.05, 0.1) is 0 Å². The molecule has 1 aromatic heterocycles. The third-order valence-corrected chi connectivity index (χ3v) is 3.46. The van der Waals surface area contributed by atoms with Crippen molar-refractivity contribution >= 4 is 22.3 Å². The Labute approximate surface area is 130 Å². The largest absolute Gasteiger partial charge is 0.223 e. The van der Waals surface area contributed by atoms with Crippen molar-refractivity contribution in [2.75, 3.05) is 0 Å². The molecule has 0 amide bonds. The first-order valence-corrected chi connectivity index (χ1v) is 6.80. The van der Waals surface area contributed by atoms with Crippen LogP contribution in [0.5, 0.6) is 0 Å². The summed E-state index contributed by atoms with van der Waals surface area (Å²) in [7, 11) is 0. The summed E-state index contributed by atoms with van der Waals surface area (Å²) in [6, 6.07) is 11.9. The summed E-state index contributed by atoms with van der Waals surface area (Å²) >= 11 is 6.37. The summed E-state index contributed by atoms with van der Waals surface area (Å²) in [5.74, 6) is -0.811. The maximum atomic E-state index is 14.2. The fraction of sp³-hybridized carbons (Fsp3) is 0. The zero-order valence-electron chi connectivity index (χ0n) is 11.2. The van der Waals surface area contributed by atoms with Gasteiger partial charge >= 0.3 is 0 Å². The van der Waals surface area contributed by atoms with Crippen molar-refractivity contribution in [2.45, 2.75) is 0 Å². The van der Waals surface area contributed by atoms with E-state index in [-0.39, 0.29) is 11.0 Å². The van der Waals surface area contributed by atoms with Crippen LogP contribution in [0, 0.1) is 11.6 Å². The van der Waals surface area contributed by atoms with Crippen LogP contribution in [-0.2, 0) is 0 Å². The van der Waals surface area contributed by atoms with E-state index in [1.165, 1.54) is 47.7 Å². The van der Waals surface area contributed by atoms with Gasteiger partial charge in [-0.15, -0.1) is 0 Å². The van der Waals surface area contributed by atoms with E-state index in [1.54, 1.807) is 18.2 Å². The van der Waals surface area contributed by atoms with Crippen LogP contribution in [0.1, 0.15) is 11.1 Å². The second-order valence-electron chi connectivity index (χ2n) is 4.49. The minimum Gasteiger partial charge on any atom is -0.223 e. The Morgan fingerprint density at radius 1 is 1.00 bits per heavy atom. The smallest absolute Gasteiger partial charge is 0.140 e. The summed E-state index contributed by atoms with van der Waals surface area (Å²) in [6.45, 7) is 0. The van der Waals surface area contributed by atoms with E-state index in [4.69, 9.17) is 11.6 Å². The van der Waals surface area contributed by atoms with Gasteiger partial charge in [-0.25, -0.2) is 18.4 Å². The molecule has 0 aliphatic rings. The van der Waals surface area contributed by atoms with Gasteiger partial charge in [0, 0.05) is 11.1 Å². The predicted molar refractivity (Wildman–Crippen MR) is 80.9 cm³/mol. The summed E-state index contributed by atoms with van der Waals surface area (Å²) in [6.07, 6.45) is 2.73. The van der Waals surface area contributed by atoms with Gasteiger partial charge in [0.2, 0.25) is 0 Å². The molecule has 1 heterocycles. The molecule has 6 heteroatoms. The van der Waals surface area contributed by atoms with E-state index in [0.717, 1.165) is 0 Å². The molecule has 3 rings (SSSR count). The molecule has 3 nitrogen and oxygen atoms in total. The zero-order chi connectivity index (χ0) is 15.5. The Balaban J connectivity index is 2.26. The highest BCUT2D eigenvalue weighted by Crippen LogP contribution is 2.32. The summed E-state index contributed by atoms with van der Waals surface area (Å²) in [5, 5.41) is 4.13. The van der Waals surface area contributed by atoms with Gasteiger partial charge in [-0.05, 0) is 23.8 Å². The van der Waals surface area contributed by atoms with Crippen LogP contribution in [0.15, 0.2) is 61.2 Å². The van der Waals surface area contributed by atoms with Crippen LogP contribution in [0.25, 0.3) is 10.7 Å². The average molecular weight is 318 g/mol. The highest BCUT2D eigenvalue weighted by Gasteiger charge is 2.16. The third kappa shape index (κ3) is 2.76. The molecule has 2 aromatic carbocycles. The van der Waals surface area contributed by atoms with Gasteiger partial charge in [0.1, 0.15) is 29.4 Å². The van der Waals surface area contributed by atoms with E-state index in [1.807, 2.05) is 0 Å². The normalized spacial score (nSPS) is 12.1. The summed E-state index contributed by atoms with van der Waals surface area (Å²) < 4.78 is 28.7. The maximum absolute atomic E-state index is 14.2. The van der Waals surface area contributed by atoms with Crippen molar-refractivity contribution < 1.29 is 8.78 Å². The topological polar surface area (TPSA) is 30.7 Å². The SMILES string of the molecule is Fc1ccc(C(=C(Cl)n2cncn2)c2ccccc2F)cc1. The molecule has 22 heavy (non-hydrogen) atoms. The molecule has 0 fully saturated rings. The van der Waals surface area contributed by atoms with E-state index in [2.05, 4.69) is 10.1 Å². The van der Waals surface area contributed by atoms with Gasteiger partial charge in [0.25, 0.3) is 0 Å². The monoisotopic (exact) mass is 317 g/mol. The minimum atomic E-state index is -0.430. The molecule has 0 aliphatic carbocycles. The fourth-order valence-corrected chi connectivity index (χ4v) is 2.39. The van der Waals surface area contributed by atoms with Gasteiger partial charge < -0.3 is 0 Å². The highest BCUT2D eigenvalue weighted by atomic mass is 35.5. The third-order valence-electron chi connectivity index (χ3n) is 3.10. The van der Waals surface area contributed by atoms with Crippen LogP contribution >= 0.6 is 11.6 Å². The lowest BCUT2D eigenvalue weighted by molar-refractivity contribution is 0.624. The van der Waals surface area contributed by atoms with E-state index in [0.29, 0.717) is 16.7 Å². The lowest BCUT2D eigenvalue weighted by Crippen LogP contribution is -2.00. The molecule has 0 aliphatic heterocycles. The van der Waals surface area contributed by atoms with Crippen LogP contribution in [0.3, 0.4) is 0 Å². The van der Waals surface area contributed by atoms with Gasteiger partial charge in [-0.2, -0.15) is 5.10 Å². The van der Waals surface area contributed by atoms with Crippen LogP contribution < -0.4 is 0 Å². The van der Waals surface area contributed by atoms with Crippen molar-refractivity contribution in [1.82, 2.24) is 14.8 Å². The van der Waals surface area contributed by atoms with E-state index in [9.17, 15) is 8.78 Å². The second kappa shape index (κ2) is 6.07. The van der Waals surface area contributed by atoms with Crippen molar-refractivity contribution in [2.24, 2.45) is 0 Å². The molecule has 0 unspecified atom stereocenters. The van der Waals surface area contributed by atoms with Gasteiger partial charge in [0.15, 0.2) is 0 Å². The molecule has 0 saturated heterocycles. The van der Waals surface area contributed by atoms with Crippen molar-refractivity contribution in [1.29, 1.82) is 0 Å². The van der Waals surface area contributed by atoms with Crippen LogP contribution in [-0.4, -0.2) is 14.8 Å². The molecule has 0 N–H and O–H groups in total. The Kier molecular flexibility index (Phi) is 3.98. The Hall–Kier alpha value is -2.53. The summed E-state index contributed by atoms with van der Waals surface area (Å²) in [4.78, 5) is 3.83. The molecule has 0 saturated carbocycles. The first-order valence-electron chi connectivity index (χ1n) is 6.42. The van der Waals surface area contributed by atoms with Gasteiger partial charge in [-0.3, -0.25) is 0 Å². The van der Waals surface area contributed by atoms with Crippen LogP contribution in [0.4, 0.5) is 8.78 Å². The van der Waals surface area contributed by atoms with Gasteiger partial charge in [-0.1, -0.05) is 41.9 Å². The van der Waals surface area contributed by atoms with E-state index >= 15 is 0 Å². The average Bonchev–Trinajstić information content (AvgIpc) is 3.05. The zero-order valence-corrected chi connectivity index (χ0v) is 12.0. The number of hydrogen-bond acceptors (Lipinski definition) is 2. The molecule has 0 spiro atoms. The Morgan fingerprint density at radius 2 is 1.73 bits per heavy atom. The maximum Gasteiger partial charge on any atom is 0.140 e.